The lowest BCUT2D eigenvalue weighted by Crippen LogP contribution is -2.42. The van der Waals surface area contributed by atoms with Gasteiger partial charge in [-0.05, 0) is 30.4 Å². The minimum Gasteiger partial charge on any atom is -0.272 e. The first kappa shape index (κ1) is 14.9. The topological polar surface area (TPSA) is 36.4 Å². The Bertz CT molecular complexity index is 637. The van der Waals surface area contributed by atoms with E-state index in [-0.39, 0.29) is 18.9 Å². The lowest BCUT2D eigenvalue weighted by atomic mass is 9.82. The minimum absolute atomic E-state index is 0.0687. The fourth-order valence-electron chi connectivity index (χ4n) is 3.90. The number of carbonyl (C=O) groups excluding carboxylic acids is 1. The van der Waals surface area contributed by atoms with Crippen LogP contribution in [0.15, 0.2) is 18.5 Å². The summed E-state index contributed by atoms with van der Waals surface area (Å²) in [6, 6.07) is 0.933. The summed E-state index contributed by atoms with van der Waals surface area (Å²) < 4.78 is 41.0. The molecule has 0 bridgehead atoms. The fourth-order valence-corrected chi connectivity index (χ4v) is 3.90. The predicted octanol–water partition coefficient (Wildman–Crippen LogP) is 2.78. The fraction of sp³-hybridized carbons (Fsp3) is 0.625. The van der Waals surface area contributed by atoms with Gasteiger partial charge in [0.15, 0.2) is 0 Å². The third kappa shape index (κ3) is 2.33. The van der Waals surface area contributed by atoms with Gasteiger partial charge in [-0.1, -0.05) is 12.8 Å². The molecule has 23 heavy (non-hydrogen) atoms. The average molecular weight is 325 g/mol. The van der Waals surface area contributed by atoms with Gasteiger partial charge in [-0.15, -0.1) is 0 Å². The van der Waals surface area contributed by atoms with Crippen molar-refractivity contribution in [2.45, 2.75) is 38.2 Å². The molecule has 0 N–H and O–H groups in total. The first-order chi connectivity index (χ1) is 11.0. The summed E-state index contributed by atoms with van der Waals surface area (Å²) in [5.41, 5.74) is -1.03. The van der Waals surface area contributed by atoms with Crippen LogP contribution in [-0.4, -0.2) is 40.4 Å². The number of nitrogens with zero attached hydrogens (tertiary/aromatic N) is 3. The summed E-state index contributed by atoms with van der Waals surface area (Å²) in [6.45, 7) is 0.602. The molecule has 2 atom stereocenters. The van der Waals surface area contributed by atoms with Crippen molar-refractivity contribution in [1.82, 2.24) is 15.0 Å². The number of amides is 1. The molecule has 3 fully saturated rings. The standard InChI is InChI=1S/C16H18F3N3O/c17-12-5-11(7-20-8-12)13-3-4-21-9-16(14(18)19,6-10-1-2-10)15(23)22(13)21/h5,7-8,10,13-14H,1-4,6,9H2. The van der Waals surface area contributed by atoms with Gasteiger partial charge in [-0.3, -0.25) is 14.8 Å². The maximum absolute atomic E-state index is 13.8. The van der Waals surface area contributed by atoms with Crippen molar-refractivity contribution in [3.63, 3.8) is 0 Å². The van der Waals surface area contributed by atoms with Crippen molar-refractivity contribution < 1.29 is 18.0 Å². The van der Waals surface area contributed by atoms with Crippen molar-refractivity contribution >= 4 is 5.91 Å². The quantitative estimate of drug-likeness (QED) is 0.854. The molecule has 1 amide bonds. The van der Waals surface area contributed by atoms with Crippen LogP contribution in [0.25, 0.3) is 0 Å². The zero-order valence-corrected chi connectivity index (χ0v) is 12.6. The second-order valence-electron chi connectivity index (χ2n) is 6.88. The summed E-state index contributed by atoms with van der Waals surface area (Å²) in [5.74, 6) is -0.750. The van der Waals surface area contributed by atoms with Crippen LogP contribution < -0.4 is 0 Å². The van der Waals surface area contributed by atoms with Crippen LogP contribution in [-0.2, 0) is 4.79 Å². The van der Waals surface area contributed by atoms with E-state index in [0.717, 1.165) is 19.0 Å². The maximum atomic E-state index is 13.8. The summed E-state index contributed by atoms with van der Waals surface area (Å²) >= 11 is 0. The van der Waals surface area contributed by atoms with Crippen LogP contribution in [0.2, 0.25) is 0 Å². The molecule has 2 unspecified atom stereocenters. The number of hydrogen-bond acceptors (Lipinski definition) is 3. The van der Waals surface area contributed by atoms with E-state index in [1.807, 2.05) is 0 Å². The molecule has 3 heterocycles. The Kier molecular flexibility index (Phi) is 3.37. The van der Waals surface area contributed by atoms with E-state index in [2.05, 4.69) is 4.98 Å². The van der Waals surface area contributed by atoms with Crippen molar-refractivity contribution in [3.05, 3.63) is 29.8 Å². The number of hydrogen-bond donors (Lipinski definition) is 0. The SMILES string of the molecule is O=C1N2C(c3cncc(F)c3)CCN2CC1(CC1CC1)C(F)F. The van der Waals surface area contributed by atoms with Gasteiger partial charge in [0.05, 0.1) is 12.2 Å². The minimum atomic E-state index is -2.67. The third-order valence-electron chi connectivity index (χ3n) is 5.24. The average Bonchev–Trinajstić information content (AvgIpc) is 3.15. The van der Waals surface area contributed by atoms with E-state index in [1.54, 1.807) is 5.01 Å². The van der Waals surface area contributed by atoms with Gasteiger partial charge >= 0.3 is 0 Å². The molecule has 4 rings (SSSR count). The highest BCUT2D eigenvalue weighted by atomic mass is 19.3. The van der Waals surface area contributed by atoms with Gasteiger partial charge in [0, 0.05) is 19.3 Å². The number of rotatable bonds is 4. The molecule has 1 aromatic heterocycles. The van der Waals surface area contributed by atoms with Gasteiger partial charge in [0.2, 0.25) is 0 Å². The number of pyridine rings is 1. The van der Waals surface area contributed by atoms with Crippen LogP contribution in [0, 0.1) is 17.2 Å². The second kappa shape index (κ2) is 5.19. The third-order valence-corrected chi connectivity index (χ3v) is 5.24. The lowest BCUT2D eigenvalue weighted by Gasteiger charge is -2.28. The van der Waals surface area contributed by atoms with Gasteiger partial charge in [0.1, 0.15) is 11.2 Å². The normalized spacial score (nSPS) is 31.2. The molecule has 7 heteroatoms. The van der Waals surface area contributed by atoms with E-state index in [4.69, 9.17) is 0 Å². The van der Waals surface area contributed by atoms with Gasteiger partial charge < -0.3 is 0 Å². The molecule has 0 aromatic carbocycles. The van der Waals surface area contributed by atoms with Crippen molar-refractivity contribution in [1.29, 1.82) is 0 Å². The molecule has 0 spiro atoms. The molecule has 1 aromatic rings. The number of halogens is 3. The highest BCUT2D eigenvalue weighted by Gasteiger charge is 2.61. The highest BCUT2D eigenvalue weighted by Crippen LogP contribution is 2.51. The molecule has 3 aliphatic rings. The van der Waals surface area contributed by atoms with Crippen molar-refractivity contribution in [3.8, 4) is 0 Å². The smallest absolute Gasteiger partial charge is 0.254 e. The van der Waals surface area contributed by atoms with Crippen LogP contribution in [0.3, 0.4) is 0 Å². The van der Waals surface area contributed by atoms with Gasteiger partial charge in [-0.25, -0.2) is 18.2 Å². The highest BCUT2D eigenvalue weighted by molar-refractivity contribution is 5.86. The number of hydrazine groups is 1. The zero-order chi connectivity index (χ0) is 16.2. The van der Waals surface area contributed by atoms with E-state index in [0.29, 0.717) is 18.5 Å². The Hall–Kier alpha value is -1.63. The Morgan fingerprint density at radius 2 is 2.09 bits per heavy atom. The second-order valence-corrected chi connectivity index (χ2v) is 6.88. The van der Waals surface area contributed by atoms with Crippen molar-refractivity contribution in [2.75, 3.05) is 13.1 Å². The largest absolute Gasteiger partial charge is 0.272 e. The van der Waals surface area contributed by atoms with Crippen molar-refractivity contribution in [2.24, 2.45) is 11.3 Å². The van der Waals surface area contributed by atoms with Crippen LogP contribution in [0.1, 0.15) is 37.3 Å². The van der Waals surface area contributed by atoms with Crippen LogP contribution >= 0.6 is 0 Å². The Morgan fingerprint density at radius 1 is 1.30 bits per heavy atom. The maximum Gasteiger partial charge on any atom is 0.254 e. The molecule has 2 saturated heterocycles. The number of carbonyl (C=O) groups is 1. The molecule has 1 aliphatic carbocycles. The van der Waals surface area contributed by atoms with E-state index in [1.165, 1.54) is 17.3 Å². The molecule has 2 aliphatic heterocycles. The van der Waals surface area contributed by atoms with E-state index in [9.17, 15) is 18.0 Å². The van der Waals surface area contributed by atoms with Gasteiger partial charge in [-0.2, -0.15) is 0 Å². The summed E-state index contributed by atoms with van der Waals surface area (Å²) in [4.78, 5) is 16.7. The predicted molar refractivity (Wildman–Crippen MR) is 75.8 cm³/mol. The first-order valence-electron chi connectivity index (χ1n) is 7.98. The van der Waals surface area contributed by atoms with Gasteiger partial charge in [0.25, 0.3) is 12.3 Å². The monoisotopic (exact) mass is 325 g/mol. The Labute approximate surface area is 132 Å². The molecule has 0 radical (unpaired) electrons. The number of fused-ring (bicyclic) bond motifs is 1. The zero-order valence-electron chi connectivity index (χ0n) is 12.6. The number of aromatic nitrogens is 1. The Balaban J connectivity index is 1.65. The number of alkyl halides is 2. The van der Waals surface area contributed by atoms with E-state index >= 15 is 0 Å². The van der Waals surface area contributed by atoms with Crippen LogP contribution in [0.5, 0.6) is 0 Å². The summed E-state index contributed by atoms with van der Waals surface area (Å²) in [6.07, 6.45) is 2.65. The molecular weight excluding hydrogens is 307 g/mol. The summed E-state index contributed by atoms with van der Waals surface area (Å²) in [7, 11) is 0. The van der Waals surface area contributed by atoms with E-state index < -0.39 is 29.6 Å². The van der Waals surface area contributed by atoms with Crippen LogP contribution in [0.4, 0.5) is 13.2 Å². The lowest BCUT2D eigenvalue weighted by molar-refractivity contribution is -0.149. The first-order valence-corrected chi connectivity index (χ1v) is 7.98. The molecule has 1 saturated carbocycles. The summed E-state index contributed by atoms with van der Waals surface area (Å²) in [5, 5.41) is 3.15. The molecule has 4 nitrogen and oxygen atoms in total. The molecule has 124 valence electrons. The Morgan fingerprint density at radius 3 is 2.74 bits per heavy atom. The molecular formula is C16H18F3N3O.